The molecule has 0 saturated heterocycles. The van der Waals surface area contributed by atoms with Crippen molar-refractivity contribution in [1.29, 1.82) is 5.41 Å². The van der Waals surface area contributed by atoms with Crippen LogP contribution < -0.4 is 11.1 Å². The molecule has 232 valence electrons. The lowest BCUT2D eigenvalue weighted by atomic mass is 10.1. The molecule has 44 heavy (non-hydrogen) atoms. The average Bonchev–Trinajstić information content (AvgIpc) is 2.95. The Kier molecular flexibility index (Phi) is 14.7. The van der Waals surface area contributed by atoms with Crippen molar-refractivity contribution < 1.29 is 0 Å². The third kappa shape index (κ3) is 10.9. The van der Waals surface area contributed by atoms with Crippen molar-refractivity contribution in [2.75, 3.05) is 13.1 Å². The molecule has 3 N–H and O–H groups in total. The highest BCUT2D eigenvalue weighted by Crippen LogP contribution is 2.28. The minimum Gasteiger partial charge on any atom is -0.357 e. The van der Waals surface area contributed by atoms with E-state index in [9.17, 15) is 9.59 Å². The summed E-state index contributed by atoms with van der Waals surface area (Å²) >= 11 is 15.3. The van der Waals surface area contributed by atoms with Gasteiger partial charge in [0.1, 0.15) is 5.84 Å². The maximum atomic E-state index is 11.5. The fourth-order valence-corrected chi connectivity index (χ4v) is 6.29. The standard InChI is InChI=1S/C17H21ClN4OS.C13H10ClN3OS.CH4/c1-4-22(5-2)16(19)12-6-7-13(14(18)9-12)10-24-17-20-11(3)8-15(23)21-17;1-8-5-12(18)17-13(16-8)19-7-9-3-4-10(15-2)6-11(9)14;/h6-9,19H,4-5,10H2,1-3H3,(H,20,21,23);3-6H,7H2,1H3,(H,16,17,18);1H4. The number of aromatic amines is 2. The van der Waals surface area contributed by atoms with Crippen molar-refractivity contribution >= 4 is 58.2 Å². The number of hydrogen-bond acceptors (Lipinski definition) is 7. The molecule has 0 aliphatic rings. The van der Waals surface area contributed by atoms with Gasteiger partial charge in [-0.1, -0.05) is 78.4 Å². The van der Waals surface area contributed by atoms with Gasteiger partial charge >= 0.3 is 0 Å². The topological polar surface area (TPSA) is 123 Å². The van der Waals surface area contributed by atoms with Crippen LogP contribution in [0.25, 0.3) is 4.85 Å². The average molecular weight is 673 g/mol. The highest BCUT2D eigenvalue weighted by atomic mass is 35.5. The molecule has 0 bridgehead atoms. The molecule has 2 aromatic heterocycles. The summed E-state index contributed by atoms with van der Waals surface area (Å²) in [6, 6.07) is 13.7. The molecule has 0 spiro atoms. The number of hydrogen-bond donors (Lipinski definition) is 3. The second kappa shape index (κ2) is 17.7. The fraction of sp³-hybridized carbons (Fsp3) is 0.290. The molecular formula is C31H35Cl2N7O2S2. The van der Waals surface area contributed by atoms with Crippen molar-refractivity contribution in [1.82, 2.24) is 24.8 Å². The molecular weight excluding hydrogens is 637 g/mol. The van der Waals surface area contributed by atoms with Crippen molar-refractivity contribution in [2.45, 2.75) is 56.9 Å². The minimum absolute atomic E-state index is 0. The Bertz CT molecular complexity index is 1750. The van der Waals surface area contributed by atoms with E-state index in [4.69, 9.17) is 35.2 Å². The largest absolute Gasteiger partial charge is 0.357 e. The van der Waals surface area contributed by atoms with E-state index in [0.717, 1.165) is 29.8 Å². The SMILES string of the molecule is C.CCN(CC)C(=N)c1ccc(CSc2nc(C)cc(=O)[nH]2)c(Cl)c1.[C-]#[N+]c1ccc(CSc2nc(C)cc(=O)[nH]2)c(Cl)c1. The van der Waals surface area contributed by atoms with E-state index < -0.39 is 0 Å². The monoisotopic (exact) mass is 671 g/mol. The lowest BCUT2D eigenvalue weighted by Crippen LogP contribution is -2.30. The minimum atomic E-state index is -0.163. The highest BCUT2D eigenvalue weighted by molar-refractivity contribution is 7.98. The third-order valence-corrected chi connectivity index (χ3v) is 8.54. The molecule has 13 heteroatoms. The van der Waals surface area contributed by atoms with Crippen molar-refractivity contribution in [3.05, 3.63) is 119 Å². The van der Waals surface area contributed by atoms with Crippen molar-refractivity contribution in [3.8, 4) is 0 Å². The van der Waals surface area contributed by atoms with Crippen LogP contribution in [-0.2, 0) is 11.5 Å². The summed E-state index contributed by atoms with van der Waals surface area (Å²) in [7, 11) is 0. The number of benzene rings is 2. The second-order valence-corrected chi connectivity index (χ2v) is 11.9. The van der Waals surface area contributed by atoms with Gasteiger partial charge in [-0.3, -0.25) is 15.0 Å². The number of thioether (sulfide) groups is 2. The Morgan fingerprint density at radius 3 is 1.75 bits per heavy atom. The van der Waals surface area contributed by atoms with Crippen LogP contribution in [0.5, 0.6) is 0 Å². The van der Waals surface area contributed by atoms with Gasteiger partial charge in [0.15, 0.2) is 16.0 Å². The summed E-state index contributed by atoms with van der Waals surface area (Å²) in [5.41, 5.74) is 4.23. The van der Waals surface area contributed by atoms with Gasteiger partial charge in [0.05, 0.1) is 6.57 Å². The normalized spacial score (nSPS) is 10.2. The zero-order valence-electron chi connectivity index (χ0n) is 24.1. The predicted molar refractivity (Wildman–Crippen MR) is 184 cm³/mol. The summed E-state index contributed by atoms with van der Waals surface area (Å²) < 4.78 is 0. The lowest BCUT2D eigenvalue weighted by molar-refractivity contribution is 0.463. The Hall–Kier alpha value is -3.56. The second-order valence-electron chi connectivity index (χ2n) is 9.18. The Labute approximate surface area is 276 Å². The van der Waals surface area contributed by atoms with Gasteiger partial charge in [0.2, 0.25) is 0 Å². The molecule has 0 fully saturated rings. The number of nitrogens with one attached hydrogen (secondary N) is 3. The smallest absolute Gasteiger partial charge is 0.251 e. The number of aryl methyl sites for hydroxylation is 2. The molecule has 2 heterocycles. The van der Waals surface area contributed by atoms with E-state index in [-0.39, 0.29) is 18.5 Å². The van der Waals surface area contributed by atoms with E-state index in [1.807, 2.05) is 43.0 Å². The number of halogens is 2. The Balaban J connectivity index is 0.000000307. The van der Waals surface area contributed by atoms with Crippen LogP contribution in [-0.4, -0.2) is 43.8 Å². The molecule has 4 aromatic rings. The number of rotatable bonds is 9. The molecule has 9 nitrogen and oxygen atoms in total. The van der Waals surface area contributed by atoms with Crippen molar-refractivity contribution in [3.63, 3.8) is 0 Å². The fourth-order valence-electron chi connectivity index (χ4n) is 3.79. The summed E-state index contributed by atoms with van der Waals surface area (Å²) in [4.78, 5) is 42.0. The quantitative estimate of drug-likeness (QED) is 0.0543. The maximum absolute atomic E-state index is 11.5. The van der Waals surface area contributed by atoms with E-state index in [0.29, 0.717) is 54.8 Å². The van der Waals surface area contributed by atoms with Crippen LogP contribution >= 0.6 is 46.7 Å². The Morgan fingerprint density at radius 2 is 1.34 bits per heavy atom. The van der Waals surface area contributed by atoms with E-state index >= 15 is 0 Å². The van der Waals surface area contributed by atoms with E-state index in [2.05, 4.69) is 24.8 Å². The summed E-state index contributed by atoms with van der Waals surface area (Å²) in [6.07, 6.45) is 0. The maximum Gasteiger partial charge on any atom is 0.251 e. The summed E-state index contributed by atoms with van der Waals surface area (Å²) in [6.45, 7) is 16.1. The molecule has 2 aromatic carbocycles. The molecule has 4 rings (SSSR count). The zero-order valence-corrected chi connectivity index (χ0v) is 27.3. The molecule has 0 aliphatic carbocycles. The van der Waals surface area contributed by atoms with Gasteiger partial charge in [-0.2, -0.15) is 0 Å². The van der Waals surface area contributed by atoms with Crippen LogP contribution in [0, 0.1) is 25.8 Å². The first-order valence-corrected chi connectivity index (χ1v) is 15.9. The molecule has 0 atom stereocenters. The van der Waals surface area contributed by atoms with Gasteiger partial charge in [-0.25, -0.2) is 14.8 Å². The van der Waals surface area contributed by atoms with E-state index in [1.165, 1.54) is 35.7 Å². The first-order valence-electron chi connectivity index (χ1n) is 13.2. The van der Waals surface area contributed by atoms with Crippen LogP contribution in [0.4, 0.5) is 5.69 Å². The van der Waals surface area contributed by atoms with Gasteiger partial charge in [-0.15, -0.1) is 0 Å². The highest BCUT2D eigenvalue weighted by Gasteiger charge is 2.11. The lowest BCUT2D eigenvalue weighted by Gasteiger charge is -2.22. The van der Waals surface area contributed by atoms with Gasteiger partial charge in [0, 0.05) is 63.7 Å². The van der Waals surface area contributed by atoms with Gasteiger partial charge in [0.25, 0.3) is 11.1 Å². The van der Waals surface area contributed by atoms with Gasteiger partial charge < -0.3 is 14.9 Å². The van der Waals surface area contributed by atoms with E-state index in [1.54, 1.807) is 26.0 Å². The number of amidine groups is 1. The number of aromatic nitrogens is 4. The van der Waals surface area contributed by atoms with Crippen molar-refractivity contribution in [2.24, 2.45) is 0 Å². The molecule has 0 aliphatic heterocycles. The van der Waals surface area contributed by atoms with Crippen LogP contribution in [0.3, 0.4) is 0 Å². The molecule has 0 amide bonds. The number of H-pyrrole nitrogens is 2. The predicted octanol–water partition coefficient (Wildman–Crippen LogP) is 7.90. The van der Waals surface area contributed by atoms with Gasteiger partial charge in [-0.05, 0) is 51.0 Å². The summed E-state index contributed by atoms with van der Waals surface area (Å²) in [5.74, 6) is 1.67. The molecule has 0 radical (unpaired) electrons. The first kappa shape index (κ1) is 36.6. The summed E-state index contributed by atoms with van der Waals surface area (Å²) in [5, 5.41) is 10.6. The third-order valence-electron chi connectivity index (χ3n) is 6.00. The zero-order chi connectivity index (χ0) is 31.5. The molecule has 0 saturated carbocycles. The van der Waals surface area contributed by atoms with Crippen LogP contribution in [0.1, 0.15) is 49.4 Å². The molecule has 0 unspecified atom stereocenters. The number of nitrogens with zero attached hydrogens (tertiary/aromatic N) is 4. The van der Waals surface area contributed by atoms with Crippen LogP contribution in [0.15, 0.2) is 68.4 Å². The Morgan fingerprint density at radius 1 is 0.864 bits per heavy atom. The van der Waals surface area contributed by atoms with Crippen LogP contribution in [0.2, 0.25) is 10.0 Å². The first-order chi connectivity index (χ1) is 20.5.